The summed E-state index contributed by atoms with van der Waals surface area (Å²) >= 11 is 0. The lowest BCUT2D eigenvalue weighted by atomic mass is 10.1. The molecule has 0 fully saturated rings. The van der Waals surface area contributed by atoms with E-state index in [1.807, 2.05) is 60.7 Å². The number of unbranched alkanes of at least 4 members (excludes halogenated alkanes) is 1. The van der Waals surface area contributed by atoms with Crippen LogP contribution >= 0.6 is 0 Å². The summed E-state index contributed by atoms with van der Waals surface area (Å²) in [5, 5.41) is 3.35. The minimum atomic E-state index is 0.0464. The van der Waals surface area contributed by atoms with Crippen molar-refractivity contribution >= 4 is 11.5 Å². The summed E-state index contributed by atoms with van der Waals surface area (Å²) in [7, 11) is 0. The second kappa shape index (κ2) is 8.05. The quantitative estimate of drug-likeness (QED) is 0.567. The maximum absolute atomic E-state index is 12.3. The third-order valence-corrected chi connectivity index (χ3v) is 3.24. The van der Waals surface area contributed by atoms with Crippen molar-refractivity contribution in [2.45, 2.75) is 26.2 Å². The Balaban J connectivity index is 2.15. The third-order valence-electron chi connectivity index (χ3n) is 3.24. The first-order valence-corrected chi connectivity index (χ1v) is 7.41. The van der Waals surface area contributed by atoms with E-state index in [0.717, 1.165) is 36.2 Å². The Kier molecular flexibility index (Phi) is 5.77. The summed E-state index contributed by atoms with van der Waals surface area (Å²) in [6, 6.07) is 19.3. The average molecular weight is 279 g/mol. The molecular weight excluding hydrogens is 258 g/mol. The van der Waals surface area contributed by atoms with E-state index in [4.69, 9.17) is 0 Å². The molecule has 21 heavy (non-hydrogen) atoms. The molecule has 2 rings (SSSR count). The van der Waals surface area contributed by atoms with Crippen molar-refractivity contribution in [2.24, 2.45) is 0 Å². The zero-order chi connectivity index (χ0) is 14.9. The van der Waals surface area contributed by atoms with Crippen molar-refractivity contribution in [3.05, 3.63) is 78.0 Å². The van der Waals surface area contributed by atoms with Crippen LogP contribution in [0, 0.1) is 0 Å². The number of carbonyl (C=O) groups is 1. The second-order valence-corrected chi connectivity index (χ2v) is 4.99. The summed E-state index contributed by atoms with van der Waals surface area (Å²) < 4.78 is 0. The molecule has 108 valence electrons. The highest BCUT2D eigenvalue weighted by molar-refractivity contribution is 6.05. The Morgan fingerprint density at radius 1 is 1.00 bits per heavy atom. The topological polar surface area (TPSA) is 29.1 Å². The van der Waals surface area contributed by atoms with Gasteiger partial charge in [0.25, 0.3) is 0 Å². The fourth-order valence-corrected chi connectivity index (χ4v) is 2.09. The van der Waals surface area contributed by atoms with Crippen molar-refractivity contribution < 1.29 is 4.79 Å². The molecule has 0 heterocycles. The Bertz CT molecular complexity index is 587. The number of anilines is 1. The van der Waals surface area contributed by atoms with Crippen LogP contribution in [-0.4, -0.2) is 5.78 Å². The number of hydrogen-bond acceptors (Lipinski definition) is 2. The fourth-order valence-electron chi connectivity index (χ4n) is 2.09. The maximum Gasteiger partial charge on any atom is 0.187 e. The van der Waals surface area contributed by atoms with Crippen LogP contribution < -0.4 is 5.32 Å². The van der Waals surface area contributed by atoms with Crippen LogP contribution in [0.25, 0.3) is 0 Å². The molecule has 1 N–H and O–H groups in total. The first-order valence-electron chi connectivity index (χ1n) is 7.41. The Hall–Kier alpha value is -2.35. The van der Waals surface area contributed by atoms with Gasteiger partial charge in [-0.2, -0.15) is 0 Å². The fraction of sp³-hybridized carbons (Fsp3) is 0.211. The summed E-state index contributed by atoms with van der Waals surface area (Å²) in [6.45, 7) is 2.15. The summed E-state index contributed by atoms with van der Waals surface area (Å²) in [5.74, 6) is 0.0464. The molecule has 0 spiro atoms. The highest BCUT2D eigenvalue weighted by Gasteiger charge is 2.05. The molecule has 0 aromatic heterocycles. The number of benzene rings is 2. The molecular formula is C19H21NO. The number of carbonyl (C=O) groups excluding carboxylic acids is 1. The van der Waals surface area contributed by atoms with E-state index in [1.165, 1.54) is 0 Å². The molecule has 2 aromatic rings. The molecule has 0 atom stereocenters. The molecule has 0 bridgehead atoms. The van der Waals surface area contributed by atoms with E-state index in [9.17, 15) is 4.79 Å². The normalized spacial score (nSPS) is 11.2. The van der Waals surface area contributed by atoms with Gasteiger partial charge < -0.3 is 5.32 Å². The molecule has 0 saturated heterocycles. The molecule has 0 aliphatic carbocycles. The minimum absolute atomic E-state index is 0.0464. The van der Waals surface area contributed by atoms with Gasteiger partial charge in [0.1, 0.15) is 0 Å². The molecule has 2 heteroatoms. The van der Waals surface area contributed by atoms with Gasteiger partial charge in [-0.3, -0.25) is 4.79 Å². The largest absolute Gasteiger partial charge is 0.359 e. The first-order chi connectivity index (χ1) is 10.3. The standard InChI is InChI=1S/C19H21NO/c1-2-3-12-18(20-17-13-8-5-9-14-17)15-19(21)16-10-6-4-7-11-16/h4-11,13-15,20H,2-3,12H2,1H3. The van der Waals surface area contributed by atoms with Gasteiger partial charge in [0.15, 0.2) is 5.78 Å². The van der Waals surface area contributed by atoms with Crippen molar-refractivity contribution in [1.29, 1.82) is 0 Å². The monoisotopic (exact) mass is 279 g/mol. The van der Waals surface area contributed by atoms with Gasteiger partial charge in [0.2, 0.25) is 0 Å². The summed E-state index contributed by atoms with van der Waals surface area (Å²) in [5.41, 5.74) is 2.71. The highest BCUT2D eigenvalue weighted by atomic mass is 16.1. The zero-order valence-corrected chi connectivity index (χ0v) is 12.4. The van der Waals surface area contributed by atoms with Gasteiger partial charge in [-0.05, 0) is 25.0 Å². The van der Waals surface area contributed by atoms with Gasteiger partial charge in [-0.25, -0.2) is 0 Å². The van der Waals surface area contributed by atoms with Gasteiger partial charge >= 0.3 is 0 Å². The van der Waals surface area contributed by atoms with Crippen molar-refractivity contribution in [3.8, 4) is 0 Å². The van der Waals surface area contributed by atoms with Crippen LogP contribution in [0.4, 0.5) is 5.69 Å². The van der Waals surface area contributed by atoms with Crippen LogP contribution in [0.3, 0.4) is 0 Å². The molecule has 0 amide bonds. The van der Waals surface area contributed by atoms with Crippen LogP contribution in [0.1, 0.15) is 36.5 Å². The molecule has 2 aromatic carbocycles. The molecule has 0 unspecified atom stereocenters. The van der Waals surface area contributed by atoms with Gasteiger partial charge in [0, 0.05) is 23.0 Å². The van der Waals surface area contributed by atoms with E-state index in [2.05, 4.69) is 12.2 Å². The average Bonchev–Trinajstić information content (AvgIpc) is 2.54. The molecule has 0 aliphatic heterocycles. The van der Waals surface area contributed by atoms with E-state index in [1.54, 1.807) is 6.08 Å². The van der Waals surface area contributed by atoms with Crippen molar-refractivity contribution in [2.75, 3.05) is 5.32 Å². The molecule has 0 radical (unpaired) electrons. The van der Waals surface area contributed by atoms with Crippen LogP contribution in [0.15, 0.2) is 72.4 Å². The lowest BCUT2D eigenvalue weighted by Gasteiger charge is -2.10. The Morgan fingerprint density at radius 3 is 2.24 bits per heavy atom. The smallest absolute Gasteiger partial charge is 0.187 e. The second-order valence-electron chi connectivity index (χ2n) is 4.99. The van der Waals surface area contributed by atoms with Crippen molar-refractivity contribution in [1.82, 2.24) is 0 Å². The van der Waals surface area contributed by atoms with E-state index in [-0.39, 0.29) is 5.78 Å². The number of para-hydroxylation sites is 1. The Labute approximate surface area is 126 Å². The maximum atomic E-state index is 12.3. The number of rotatable bonds is 7. The first kappa shape index (κ1) is 15.0. The molecule has 2 nitrogen and oxygen atoms in total. The minimum Gasteiger partial charge on any atom is -0.359 e. The molecule has 0 aliphatic rings. The summed E-state index contributed by atoms with van der Waals surface area (Å²) in [4.78, 5) is 12.3. The van der Waals surface area contributed by atoms with Gasteiger partial charge in [-0.1, -0.05) is 61.9 Å². The van der Waals surface area contributed by atoms with Crippen LogP contribution in [-0.2, 0) is 0 Å². The van der Waals surface area contributed by atoms with Crippen molar-refractivity contribution in [3.63, 3.8) is 0 Å². The van der Waals surface area contributed by atoms with Gasteiger partial charge in [-0.15, -0.1) is 0 Å². The number of nitrogens with one attached hydrogen (secondary N) is 1. The van der Waals surface area contributed by atoms with Crippen LogP contribution in [0.5, 0.6) is 0 Å². The lowest BCUT2D eigenvalue weighted by molar-refractivity contribution is 0.104. The lowest BCUT2D eigenvalue weighted by Crippen LogP contribution is -2.04. The number of hydrogen-bond donors (Lipinski definition) is 1. The summed E-state index contributed by atoms with van der Waals surface area (Å²) in [6.07, 6.45) is 4.77. The van der Waals surface area contributed by atoms with E-state index >= 15 is 0 Å². The number of ketones is 1. The molecule has 0 saturated carbocycles. The number of allylic oxidation sites excluding steroid dienone is 2. The SMILES string of the molecule is CCCCC(=CC(=O)c1ccccc1)Nc1ccccc1. The third kappa shape index (κ3) is 4.92. The zero-order valence-electron chi connectivity index (χ0n) is 12.4. The Morgan fingerprint density at radius 2 is 1.62 bits per heavy atom. The van der Waals surface area contributed by atoms with Crippen LogP contribution in [0.2, 0.25) is 0 Å². The predicted octanol–water partition coefficient (Wildman–Crippen LogP) is 5.06. The highest BCUT2D eigenvalue weighted by Crippen LogP contribution is 2.15. The van der Waals surface area contributed by atoms with E-state index < -0.39 is 0 Å². The predicted molar refractivity (Wildman–Crippen MR) is 88.4 cm³/mol. The van der Waals surface area contributed by atoms with Gasteiger partial charge in [0.05, 0.1) is 0 Å². The van der Waals surface area contributed by atoms with E-state index in [0.29, 0.717) is 0 Å².